The summed E-state index contributed by atoms with van der Waals surface area (Å²) in [4.78, 5) is 10.7. The molecule has 1 aromatic carbocycles. The van der Waals surface area contributed by atoms with Gasteiger partial charge in [0.25, 0.3) is 0 Å². The Morgan fingerprint density at radius 1 is 1.31 bits per heavy atom. The van der Waals surface area contributed by atoms with E-state index in [2.05, 4.69) is 45.2 Å². The van der Waals surface area contributed by atoms with Gasteiger partial charge in [-0.25, -0.2) is 0 Å². The van der Waals surface area contributed by atoms with E-state index in [4.69, 9.17) is 5.11 Å². The van der Waals surface area contributed by atoms with Crippen molar-refractivity contribution in [2.24, 2.45) is 0 Å². The lowest BCUT2D eigenvalue weighted by atomic mass is 10.0. The van der Waals surface area contributed by atoms with Gasteiger partial charge in [0.15, 0.2) is 0 Å². The van der Waals surface area contributed by atoms with Crippen LogP contribution in [0, 0.1) is 7.14 Å². The molecule has 0 amide bonds. The van der Waals surface area contributed by atoms with Crippen LogP contribution in [0.3, 0.4) is 0 Å². The molecule has 0 aliphatic carbocycles. The molecular formula is C9H8I2O2. The smallest absolute Gasteiger partial charge is 0.310 e. The Morgan fingerprint density at radius 2 is 1.77 bits per heavy atom. The summed E-state index contributed by atoms with van der Waals surface area (Å²) in [7, 11) is 0. The summed E-state index contributed by atoms with van der Waals surface area (Å²) in [5.74, 6) is -1.21. The second-order valence-electron chi connectivity index (χ2n) is 2.76. The molecule has 1 unspecified atom stereocenters. The summed E-state index contributed by atoms with van der Waals surface area (Å²) < 4.78 is 2.15. The first kappa shape index (κ1) is 11.2. The van der Waals surface area contributed by atoms with Gasteiger partial charge in [-0.05, 0) is 75.9 Å². The monoisotopic (exact) mass is 402 g/mol. The van der Waals surface area contributed by atoms with E-state index in [9.17, 15) is 4.79 Å². The normalized spacial score (nSPS) is 12.5. The first-order valence-corrected chi connectivity index (χ1v) is 5.85. The third-order valence-corrected chi connectivity index (χ3v) is 3.00. The fraction of sp³-hybridized carbons (Fsp3) is 0.222. The molecule has 13 heavy (non-hydrogen) atoms. The average Bonchev–Trinajstić information content (AvgIpc) is 2.01. The highest BCUT2D eigenvalue weighted by Gasteiger charge is 2.14. The molecule has 0 spiro atoms. The third-order valence-electron chi connectivity index (χ3n) is 1.76. The summed E-state index contributed by atoms with van der Waals surface area (Å²) in [6.45, 7) is 1.70. The average molecular weight is 402 g/mol. The Hall–Kier alpha value is 0.150. The van der Waals surface area contributed by atoms with Gasteiger partial charge in [0.1, 0.15) is 0 Å². The Kier molecular flexibility index (Phi) is 3.96. The standard InChI is InChI=1S/C9H8I2O2/c1-5(9(12)13)6-2-7(10)4-8(11)3-6/h2-5H,1H3,(H,12,13). The van der Waals surface area contributed by atoms with E-state index in [1.54, 1.807) is 6.92 Å². The molecule has 1 aromatic rings. The zero-order valence-electron chi connectivity index (χ0n) is 6.92. The van der Waals surface area contributed by atoms with Crippen molar-refractivity contribution in [3.63, 3.8) is 0 Å². The van der Waals surface area contributed by atoms with Crippen molar-refractivity contribution in [3.8, 4) is 0 Å². The highest BCUT2D eigenvalue weighted by atomic mass is 127. The van der Waals surface area contributed by atoms with Crippen molar-refractivity contribution in [1.82, 2.24) is 0 Å². The SMILES string of the molecule is CC(C(=O)O)c1cc(I)cc(I)c1. The molecule has 1 atom stereocenters. The van der Waals surface area contributed by atoms with Gasteiger partial charge in [-0.2, -0.15) is 0 Å². The van der Waals surface area contributed by atoms with Crippen LogP contribution < -0.4 is 0 Å². The summed E-state index contributed by atoms with van der Waals surface area (Å²) >= 11 is 4.38. The minimum Gasteiger partial charge on any atom is -0.481 e. The molecule has 0 aliphatic rings. The van der Waals surface area contributed by atoms with Crippen LogP contribution in [0.15, 0.2) is 18.2 Å². The Bertz CT molecular complexity index is 316. The second kappa shape index (κ2) is 4.59. The molecule has 0 aromatic heterocycles. The van der Waals surface area contributed by atoms with E-state index in [0.717, 1.165) is 12.7 Å². The number of rotatable bonds is 2. The minimum atomic E-state index is -0.780. The molecule has 0 bridgehead atoms. The molecule has 0 radical (unpaired) electrons. The lowest BCUT2D eigenvalue weighted by Gasteiger charge is -2.07. The van der Waals surface area contributed by atoms with Gasteiger partial charge in [-0.15, -0.1) is 0 Å². The van der Waals surface area contributed by atoms with Crippen molar-refractivity contribution >= 4 is 51.2 Å². The number of carboxylic acids is 1. The molecule has 4 heteroatoms. The van der Waals surface area contributed by atoms with Crippen LogP contribution in [0.4, 0.5) is 0 Å². The van der Waals surface area contributed by atoms with E-state index >= 15 is 0 Å². The topological polar surface area (TPSA) is 37.3 Å². The fourth-order valence-corrected chi connectivity index (χ4v) is 2.95. The van der Waals surface area contributed by atoms with E-state index in [0.29, 0.717) is 0 Å². The second-order valence-corrected chi connectivity index (χ2v) is 5.25. The van der Waals surface area contributed by atoms with Gasteiger partial charge in [-0.1, -0.05) is 0 Å². The molecule has 0 aliphatic heterocycles. The number of carbonyl (C=O) groups is 1. The Balaban J connectivity index is 3.07. The van der Waals surface area contributed by atoms with Gasteiger partial charge in [-0.3, -0.25) is 4.79 Å². The maximum atomic E-state index is 10.7. The maximum absolute atomic E-state index is 10.7. The summed E-state index contributed by atoms with van der Waals surface area (Å²) in [6, 6.07) is 5.82. The lowest BCUT2D eigenvalue weighted by Crippen LogP contribution is -2.07. The number of benzene rings is 1. The first-order chi connectivity index (χ1) is 6.00. The van der Waals surface area contributed by atoms with Gasteiger partial charge in [0.05, 0.1) is 5.92 Å². The zero-order chi connectivity index (χ0) is 10.0. The molecule has 1 N–H and O–H groups in total. The van der Waals surface area contributed by atoms with Crippen molar-refractivity contribution in [3.05, 3.63) is 30.9 Å². The highest BCUT2D eigenvalue weighted by Crippen LogP contribution is 2.21. The Morgan fingerprint density at radius 3 is 2.15 bits per heavy atom. The number of halogens is 2. The van der Waals surface area contributed by atoms with Crippen LogP contribution in [-0.2, 0) is 4.79 Å². The molecule has 2 nitrogen and oxygen atoms in total. The lowest BCUT2D eigenvalue weighted by molar-refractivity contribution is -0.138. The summed E-state index contributed by atoms with van der Waals surface area (Å²) in [5, 5.41) is 8.81. The molecular weight excluding hydrogens is 394 g/mol. The fourth-order valence-electron chi connectivity index (χ4n) is 0.968. The van der Waals surface area contributed by atoms with Gasteiger partial charge < -0.3 is 5.11 Å². The summed E-state index contributed by atoms with van der Waals surface area (Å²) in [6.07, 6.45) is 0. The highest BCUT2D eigenvalue weighted by molar-refractivity contribution is 14.1. The van der Waals surface area contributed by atoms with Crippen LogP contribution in [0.2, 0.25) is 0 Å². The molecule has 0 saturated carbocycles. The predicted molar refractivity (Wildman–Crippen MR) is 67.9 cm³/mol. The van der Waals surface area contributed by atoms with Crippen molar-refractivity contribution in [1.29, 1.82) is 0 Å². The van der Waals surface area contributed by atoms with E-state index in [1.807, 2.05) is 18.2 Å². The number of carboxylic acid groups (broad SMARTS) is 1. The molecule has 0 fully saturated rings. The van der Waals surface area contributed by atoms with Gasteiger partial charge >= 0.3 is 5.97 Å². The van der Waals surface area contributed by atoms with Crippen LogP contribution in [0.5, 0.6) is 0 Å². The quantitative estimate of drug-likeness (QED) is 0.773. The van der Waals surface area contributed by atoms with E-state index in [1.165, 1.54) is 0 Å². The van der Waals surface area contributed by atoms with Crippen LogP contribution in [0.25, 0.3) is 0 Å². The Labute approximate surface area is 104 Å². The summed E-state index contributed by atoms with van der Waals surface area (Å²) in [5.41, 5.74) is 0.865. The van der Waals surface area contributed by atoms with Crippen molar-refractivity contribution in [2.45, 2.75) is 12.8 Å². The van der Waals surface area contributed by atoms with Crippen LogP contribution in [-0.4, -0.2) is 11.1 Å². The van der Waals surface area contributed by atoms with E-state index < -0.39 is 11.9 Å². The van der Waals surface area contributed by atoms with Gasteiger partial charge in [0, 0.05) is 7.14 Å². The number of aliphatic carboxylic acids is 1. The molecule has 0 heterocycles. The first-order valence-electron chi connectivity index (χ1n) is 3.69. The molecule has 70 valence electrons. The zero-order valence-corrected chi connectivity index (χ0v) is 11.2. The van der Waals surface area contributed by atoms with Crippen LogP contribution in [0.1, 0.15) is 18.4 Å². The third kappa shape index (κ3) is 3.08. The van der Waals surface area contributed by atoms with Crippen molar-refractivity contribution < 1.29 is 9.90 Å². The molecule has 1 rings (SSSR count). The largest absolute Gasteiger partial charge is 0.481 e. The van der Waals surface area contributed by atoms with Crippen LogP contribution >= 0.6 is 45.2 Å². The number of hydrogen-bond donors (Lipinski definition) is 1. The number of hydrogen-bond acceptors (Lipinski definition) is 1. The maximum Gasteiger partial charge on any atom is 0.310 e. The van der Waals surface area contributed by atoms with E-state index in [-0.39, 0.29) is 0 Å². The predicted octanol–water partition coefficient (Wildman–Crippen LogP) is 3.08. The van der Waals surface area contributed by atoms with Crippen molar-refractivity contribution in [2.75, 3.05) is 0 Å². The van der Waals surface area contributed by atoms with Gasteiger partial charge in [0.2, 0.25) is 0 Å². The minimum absolute atomic E-state index is 0.428. The molecule has 0 saturated heterocycles.